The molecular formula is C62H81N11O7S. The highest BCUT2D eigenvalue weighted by Gasteiger charge is 2.44. The zero-order chi connectivity index (χ0) is 57.6. The van der Waals surface area contributed by atoms with E-state index < -0.39 is 23.6 Å². The number of aliphatic hydroxyl groups excluding tert-OH is 1. The van der Waals surface area contributed by atoms with Gasteiger partial charge >= 0.3 is 0 Å². The molecule has 5 amide bonds. The van der Waals surface area contributed by atoms with E-state index in [-0.39, 0.29) is 55.0 Å². The predicted octanol–water partition coefficient (Wildman–Crippen LogP) is 8.87. The predicted molar refractivity (Wildman–Crippen MR) is 323 cm³/mol. The Hall–Kier alpha value is -7.22. The lowest BCUT2D eigenvalue weighted by Gasteiger charge is -2.36. The molecule has 5 heterocycles. The molecule has 1 aromatic heterocycles. The van der Waals surface area contributed by atoms with Crippen LogP contribution in [0.25, 0.3) is 10.4 Å². The normalized spacial score (nSPS) is 18.8. The van der Waals surface area contributed by atoms with E-state index in [2.05, 4.69) is 48.7 Å². The number of aliphatic hydroxyl groups is 1. The average molecular weight is 1120 g/mol. The Kier molecular flexibility index (Phi) is 20.7. The molecule has 3 aromatic carbocycles. The number of amidine groups is 1. The van der Waals surface area contributed by atoms with Crippen LogP contribution in [0.3, 0.4) is 0 Å². The molecule has 1 unspecified atom stereocenters. The topological polar surface area (TPSA) is 213 Å². The Bertz CT molecular complexity index is 2980. The number of piperazine rings is 1. The van der Waals surface area contributed by atoms with Crippen molar-refractivity contribution < 1.29 is 33.8 Å². The van der Waals surface area contributed by atoms with E-state index in [1.165, 1.54) is 43.1 Å². The van der Waals surface area contributed by atoms with E-state index in [0.29, 0.717) is 41.9 Å². The zero-order valence-electron chi connectivity index (χ0n) is 48.0. The number of fused-ring (bicyclic) bond motifs is 1. The molecule has 81 heavy (non-hydrogen) atoms. The highest BCUT2D eigenvalue weighted by atomic mass is 32.1. The fourth-order valence-electron chi connectivity index (χ4n) is 11.0. The Balaban J connectivity index is 0.693. The van der Waals surface area contributed by atoms with Gasteiger partial charge in [-0.3, -0.25) is 33.8 Å². The quantitative estimate of drug-likeness (QED) is 0.0330. The summed E-state index contributed by atoms with van der Waals surface area (Å²) in [6.07, 6.45) is 12.3. The molecule has 18 nitrogen and oxygen atoms in total. The number of ether oxygens (including phenoxy) is 1. The first-order valence-electron chi connectivity index (χ1n) is 28.7. The van der Waals surface area contributed by atoms with Gasteiger partial charge in [0.2, 0.25) is 29.6 Å². The van der Waals surface area contributed by atoms with Gasteiger partial charge < -0.3 is 40.9 Å². The summed E-state index contributed by atoms with van der Waals surface area (Å²) in [6, 6.07) is 19.5. The number of likely N-dealkylation sites (tertiary alicyclic amines) is 1. The van der Waals surface area contributed by atoms with Gasteiger partial charge in [-0.15, -0.1) is 11.3 Å². The average Bonchev–Trinajstić information content (AvgIpc) is 4.20. The van der Waals surface area contributed by atoms with Crippen LogP contribution in [0.4, 0.5) is 22.7 Å². The highest BCUT2D eigenvalue weighted by Crippen LogP contribution is 2.35. The van der Waals surface area contributed by atoms with Gasteiger partial charge in [0.15, 0.2) is 0 Å². The van der Waals surface area contributed by atoms with Crippen molar-refractivity contribution in [2.45, 2.75) is 130 Å². The maximum absolute atomic E-state index is 14.1. The summed E-state index contributed by atoms with van der Waals surface area (Å²) in [4.78, 5) is 89.3. The van der Waals surface area contributed by atoms with Crippen LogP contribution >= 0.6 is 11.3 Å². The van der Waals surface area contributed by atoms with Gasteiger partial charge in [-0.25, -0.2) is 9.98 Å². The molecule has 8 rings (SSSR count). The number of hydrogen-bond donors (Lipinski definition) is 5. The molecule has 4 atom stereocenters. The lowest BCUT2D eigenvalue weighted by atomic mass is 9.85. The summed E-state index contributed by atoms with van der Waals surface area (Å²) in [6.45, 7) is 18.8. The van der Waals surface area contributed by atoms with Gasteiger partial charge in [0.05, 0.1) is 53.1 Å². The number of benzene rings is 3. The minimum Gasteiger partial charge on any atom is -0.494 e. The molecule has 2 saturated heterocycles. The molecule has 2 fully saturated rings. The van der Waals surface area contributed by atoms with Crippen molar-refractivity contribution in [3.63, 3.8) is 0 Å². The first kappa shape index (κ1) is 59.9. The summed E-state index contributed by atoms with van der Waals surface area (Å²) in [7, 11) is 1.65. The van der Waals surface area contributed by atoms with Gasteiger partial charge in [-0.05, 0) is 86.2 Å². The SMILES string of the molecule is C=CC(=O)Nc1cccc(N2C(=O)C=C(C)C3CN=C(Nc4ccc(N5CCN(CCCCCCCCCCCC(=O)N[C@H](C(=O)N6C[C@H](O)C[C@H]6C(=O)NCc6ccc(-c7scnc7C)cc6)C(C)(C)C)CC5)cc4OC)N=C32)c1. The molecule has 4 aromatic rings. The molecule has 0 aliphatic carbocycles. The number of guanidine groups is 1. The number of hydrogen-bond acceptors (Lipinski definition) is 14. The summed E-state index contributed by atoms with van der Waals surface area (Å²) in [5.41, 5.74) is 7.99. The number of carbonyl (C=O) groups excluding carboxylic acids is 5. The second kappa shape index (κ2) is 28.0. The van der Waals surface area contributed by atoms with Crippen molar-refractivity contribution in [3.8, 4) is 16.2 Å². The van der Waals surface area contributed by atoms with Gasteiger partial charge in [0, 0.05) is 75.6 Å². The van der Waals surface area contributed by atoms with E-state index in [1.807, 2.05) is 82.6 Å². The summed E-state index contributed by atoms with van der Waals surface area (Å²) in [5, 5.41) is 22.7. The lowest BCUT2D eigenvalue weighted by molar-refractivity contribution is -0.144. The van der Waals surface area contributed by atoms with E-state index in [9.17, 15) is 29.1 Å². The third-order valence-electron chi connectivity index (χ3n) is 15.6. The summed E-state index contributed by atoms with van der Waals surface area (Å²) < 4.78 is 5.87. The fourth-order valence-corrected chi connectivity index (χ4v) is 11.8. The summed E-state index contributed by atoms with van der Waals surface area (Å²) >= 11 is 1.59. The molecule has 5 N–H and O–H groups in total. The summed E-state index contributed by atoms with van der Waals surface area (Å²) in [5.74, 6) is 0.00800. The van der Waals surface area contributed by atoms with Crippen LogP contribution in [0.15, 0.2) is 107 Å². The van der Waals surface area contributed by atoms with Gasteiger partial charge in [0.1, 0.15) is 23.7 Å². The van der Waals surface area contributed by atoms with E-state index in [0.717, 1.165) is 97.1 Å². The van der Waals surface area contributed by atoms with Crippen molar-refractivity contribution in [1.29, 1.82) is 0 Å². The van der Waals surface area contributed by atoms with E-state index in [4.69, 9.17) is 14.7 Å². The fraction of sp³-hybridized carbons (Fsp3) is 0.484. The van der Waals surface area contributed by atoms with Crippen molar-refractivity contribution in [2.24, 2.45) is 21.3 Å². The number of aliphatic imine (C=N–C) groups is 2. The molecular weight excluding hydrogens is 1040 g/mol. The molecule has 0 spiro atoms. The van der Waals surface area contributed by atoms with Crippen LogP contribution in [0.5, 0.6) is 5.75 Å². The third kappa shape index (κ3) is 15.8. The first-order valence-corrected chi connectivity index (χ1v) is 29.5. The number of aryl methyl sites for hydroxylation is 1. The van der Waals surface area contributed by atoms with Crippen LogP contribution in [0.2, 0.25) is 0 Å². The number of anilines is 4. The number of methoxy groups -OCH3 is 1. The Labute approximate surface area is 481 Å². The first-order chi connectivity index (χ1) is 39.0. The second-order valence-corrected chi connectivity index (χ2v) is 23.6. The van der Waals surface area contributed by atoms with Gasteiger partial charge in [0.25, 0.3) is 5.91 Å². The second-order valence-electron chi connectivity index (χ2n) is 22.7. The number of aromatic nitrogens is 1. The Morgan fingerprint density at radius 2 is 1.62 bits per heavy atom. The third-order valence-corrected chi connectivity index (χ3v) is 16.6. The largest absolute Gasteiger partial charge is 0.494 e. The Morgan fingerprint density at radius 1 is 0.901 bits per heavy atom. The molecule has 0 bridgehead atoms. The number of nitrogens with one attached hydrogen (secondary N) is 4. The van der Waals surface area contributed by atoms with Crippen LogP contribution in [-0.2, 0) is 30.5 Å². The number of β-amino-alcohol motifs (C(OH)–C–C–N with tert-alkyl or cyclic N) is 1. The monoisotopic (exact) mass is 1120 g/mol. The van der Waals surface area contributed by atoms with Gasteiger partial charge in [-0.2, -0.15) is 4.99 Å². The van der Waals surface area contributed by atoms with Crippen molar-refractivity contribution in [1.82, 2.24) is 25.4 Å². The van der Waals surface area contributed by atoms with Crippen LogP contribution in [0.1, 0.15) is 110 Å². The van der Waals surface area contributed by atoms with Crippen LogP contribution in [0, 0.1) is 18.3 Å². The molecule has 4 aliphatic rings. The molecule has 4 aliphatic heterocycles. The number of rotatable bonds is 24. The van der Waals surface area contributed by atoms with Crippen LogP contribution < -0.4 is 35.8 Å². The minimum atomic E-state index is -0.839. The number of unbranched alkanes of at least 4 members (excludes halogenated alkanes) is 8. The number of carbonyl (C=O) groups is 5. The highest BCUT2D eigenvalue weighted by molar-refractivity contribution is 7.13. The number of thiazole rings is 1. The minimum absolute atomic E-state index is 0.0397. The smallest absolute Gasteiger partial charge is 0.256 e. The number of amides is 5. The van der Waals surface area contributed by atoms with E-state index >= 15 is 0 Å². The van der Waals surface area contributed by atoms with Gasteiger partial charge in [-0.1, -0.05) is 108 Å². The van der Waals surface area contributed by atoms with E-state index in [1.54, 1.807) is 47.6 Å². The molecule has 19 heteroatoms. The Morgan fingerprint density at radius 3 is 2.30 bits per heavy atom. The standard InChI is InChI=1S/C62H81N11O7S/c1-8-53(75)66-45-19-18-20-47(34-45)73-55(77)33-41(2)49-38-64-61(69-58(49)73)67-50-27-26-46(35-52(50)80-7)71-31-29-70(30-32-71)28-17-15-13-11-9-10-12-14-16-21-54(76)68-57(62(4,5)6)60(79)72-39-48(74)36-51(72)59(78)63-37-43-22-24-44(25-23-43)56-42(3)65-40-81-56/h8,18-20,22-27,33-35,40,48-49,51,57,74H,1,9-17,21,28-32,36-39H2,2-7H3,(H,63,78)(H,64,67)(H,66,75)(H,68,76)/t48-,49?,51+,57-/m1/s1. The molecule has 0 radical (unpaired) electrons. The van der Waals surface area contributed by atoms with Crippen molar-refractivity contribution in [2.75, 3.05) is 73.4 Å². The van der Waals surface area contributed by atoms with Crippen molar-refractivity contribution >= 4 is 75.4 Å². The maximum atomic E-state index is 14.1. The molecule has 0 saturated carbocycles. The molecule has 432 valence electrons. The lowest BCUT2D eigenvalue weighted by Crippen LogP contribution is -2.57. The number of nitrogens with zero attached hydrogens (tertiary/aromatic N) is 7. The zero-order valence-corrected chi connectivity index (χ0v) is 48.8. The van der Waals surface area contributed by atoms with Crippen molar-refractivity contribution in [3.05, 3.63) is 108 Å². The maximum Gasteiger partial charge on any atom is 0.256 e. The van der Waals surface area contributed by atoms with Crippen LogP contribution in [-0.4, -0.2) is 132 Å².